The van der Waals surface area contributed by atoms with Gasteiger partial charge in [0, 0.05) is 6.42 Å². The molecule has 0 spiro atoms. The third kappa shape index (κ3) is 4.37. The van der Waals surface area contributed by atoms with Gasteiger partial charge in [0.15, 0.2) is 5.82 Å². The van der Waals surface area contributed by atoms with Gasteiger partial charge < -0.3 is 10.8 Å². The van der Waals surface area contributed by atoms with Crippen molar-refractivity contribution in [3.05, 3.63) is 47.5 Å². The minimum Gasteiger partial charge on any atom is -0.394 e. The van der Waals surface area contributed by atoms with E-state index in [0.717, 1.165) is 18.1 Å². The van der Waals surface area contributed by atoms with Gasteiger partial charge in [-0.3, -0.25) is 0 Å². The molecule has 0 fully saturated rings. The zero-order valence-corrected chi connectivity index (χ0v) is 12.7. The summed E-state index contributed by atoms with van der Waals surface area (Å²) in [6.07, 6.45) is 1.54. The first kappa shape index (κ1) is 15.7. The number of nitrogens with two attached hydrogens (primary N) is 1. The highest BCUT2D eigenvalue weighted by atomic mass is 16.3. The van der Waals surface area contributed by atoms with E-state index in [4.69, 9.17) is 5.73 Å². The van der Waals surface area contributed by atoms with Crippen LogP contribution in [0.2, 0.25) is 0 Å². The average Bonchev–Trinajstić information content (AvgIpc) is 2.82. The lowest BCUT2D eigenvalue weighted by Gasteiger charge is -2.12. The molecule has 0 radical (unpaired) electrons. The van der Waals surface area contributed by atoms with Crippen molar-refractivity contribution in [1.29, 1.82) is 0 Å². The molecule has 1 atom stereocenters. The number of nitrogens with zero attached hydrogens (tertiary/aromatic N) is 3. The van der Waals surface area contributed by atoms with E-state index >= 15 is 0 Å². The summed E-state index contributed by atoms with van der Waals surface area (Å²) in [5.41, 5.74) is 7.47. The lowest BCUT2D eigenvalue weighted by Crippen LogP contribution is -2.20. The van der Waals surface area contributed by atoms with Gasteiger partial charge in [-0.2, -0.15) is 5.10 Å². The average molecular weight is 288 g/mol. The minimum absolute atomic E-state index is 0.0372. The Balaban J connectivity index is 2.17. The normalized spacial score (nSPS) is 12.8. The number of hydrogen-bond acceptors (Lipinski definition) is 4. The highest BCUT2D eigenvalue weighted by Crippen LogP contribution is 2.16. The van der Waals surface area contributed by atoms with Crippen LogP contribution >= 0.6 is 0 Å². The molecular formula is C16H24N4O. The summed E-state index contributed by atoms with van der Waals surface area (Å²) in [5.74, 6) is 2.05. The summed E-state index contributed by atoms with van der Waals surface area (Å²) < 4.78 is 1.74. The topological polar surface area (TPSA) is 77.0 Å². The van der Waals surface area contributed by atoms with Crippen LogP contribution in [-0.4, -0.2) is 26.5 Å². The van der Waals surface area contributed by atoms with Gasteiger partial charge in [0.25, 0.3) is 0 Å². The molecule has 0 bridgehead atoms. The second-order valence-corrected chi connectivity index (χ2v) is 5.73. The van der Waals surface area contributed by atoms with Gasteiger partial charge in [-0.15, -0.1) is 0 Å². The molecule has 0 saturated heterocycles. The molecular weight excluding hydrogens is 264 g/mol. The van der Waals surface area contributed by atoms with E-state index in [1.807, 2.05) is 18.2 Å². The smallest absolute Gasteiger partial charge is 0.151 e. The van der Waals surface area contributed by atoms with Crippen molar-refractivity contribution < 1.29 is 5.11 Å². The molecule has 1 aromatic heterocycles. The van der Waals surface area contributed by atoms with Gasteiger partial charge in [-0.05, 0) is 17.9 Å². The van der Waals surface area contributed by atoms with Gasteiger partial charge in [-0.1, -0.05) is 44.2 Å². The largest absolute Gasteiger partial charge is 0.394 e. The minimum atomic E-state index is -0.215. The Kier molecular flexibility index (Phi) is 5.47. The molecule has 1 heterocycles. The Morgan fingerprint density at radius 2 is 1.90 bits per heavy atom. The van der Waals surface area contributed by atoms with Gasteiger partial charge in [0.2, 0.25) is 0 Å². The molecule has 0 amide bonds. The van der Waals surface area contributed by atoms with Crippen molar-refractivity contribution >= 4 is 0 Å². The van der Waals surface area contributed by atoms with Crippen LogP contribution in [0.5, 0.6) is 0 Å². The Labute approximate surface area is 125 Å². The van der Waals surface area contributed by atoms with Crippen molar-refractivity contribution in [1.82, 2.24) is 14.8 Å². The first-order valence-electron chi connectivity index (χ1n) is 7.44. The van der Waals surface area contributed by atoms with Gasteiger partial charge in [0.1, 0.15) is 5.82 Å². The van der Waals surface area contributed by atoms with Crippen LogP contribution in [0.3, 0.4) is 0 Å². The predicted molar refractivity (Wildman–Crippen MR) is 82.7 cm³/mol. The molecule has 21 heavy (non-hydrogen) atoms. The fraction of sp³-hybridized carbons (Fsp3) is 0.500. The number of hydrogen-bond donors (Lipinski definition) is 2. The SMILES string of the molecule is CC(C)Cc1nc([C@@H](N)Cc2ccccc2)n(CCO)n1. The van der Waals surface area contributed by atoms with Gasteiger partial charge in [-0.25, -0.2) is 9.67 Å². The lowest BCUT2D eigenvalue weighted by molar-refractivity contribution is 0.265. The molecule has 0 aliphatic carbocycles. The van der Waals surface area contributed by atoms with Crippen LogP contribution in [0.25, 0.3) is 0 Å². The second-order valence-electron chi connectivity index (χ2n) is 5.73. The molecule has 2 aromatic rings. The summed E-state index contributed by atoms with van der Waals surface area (Å²) in [4.78, 5) is 4.58. The zero-order chi connectivity index (χ0) is 15.2. The van der Waals surface area contributed by atoms with Crippen LogP contribution in [0.15, 0.2) is 30.3 Å². The summed E-state index contributed by atoms with van der Waals surface area (Å²) >= 11 is 0. The van der Waals surface area contributed by atoms with E-state index in [2.05, 4.69) is 36.1 Å². The quantitative estimate of drug-likeness (QED) is 0.813. The maximum Gasteiger partial charge on any atom is 0.151 e. The molecule has 3 N–H and O–H groups in total. The maximum atomic E-state index is 9.18. The van der Waals surface area contributed by atoms with Gasteiger partial charge >= 0.3 is 0 Å². The third-order valence-electron chi connectivity index (χ3n) is 3.28. The van der Waals surface area contributed by atoms with E-state index in [-0.39, 0.29) is 12.6 Å². The summed E-state index contributed by atoms with van der Waals surface area (Å²) in [5, 5.41) is 13.6. The van der Waals surface area contributed by atoms with Crippen molar-refractivity contribution in [2.75, 3.05) is 6.61 Å². The van der Waals surface area contributed by atoms with Crippen molar-refractivity contribution in [2.45, 2.75) is 39.3 Å². The third-order valence-corrected chi connectivity index (χ3v) is 3.28. The van der Waals surface area contributed by atoms with E-state index in [9.17, 15) is 5.11 Å². The first-order valence-corrected chi connectivity index (χ1v) is 7.44. The predicted octanol–water partition coefficient (Wildman–Crippen LogP) is 1.71. The molecule has 5 nitrogen and oxygen atoms in total. The Morgan fingerprint density at radius 1 is 1.19 bits per heavy atom. The number of aliphatic hydroxyl groups excluding tert-OH is 1. The lowest BCUT2D eigenvalue weighted by atomic mass is 10.1. The fourth-order valence-corrected chi connectivity index (χ4v) is 2.35. The number of aliphatic hydroxyl groups is 1. The maximum absolute atomic E-state index is 9.18. The van der Waals surface area contributed by atoms with Gasteiger partial charge in [0.05, 0.1) is 19.2 Å². The van der Waals surface area contributed by atoms with Crippen LogP contribution in [-0.2, 0) is 19.4 Å². The zero-order valence-electron chi connectivity index (χ0n) is 12.7. The van der Waals surface area contributed by atoms with E-state index in [1.54, 1.807) is 4.68 Å². The van der Waals surface area contributed by atoms with Crippen LogP contribution < -0.4 is 5.73 Å². The Morgan fingerprint density at radius 3 is 2.52 bits per heavy atom. The number of aromatic nitrogens is 3. The van der Waals surface area contributed by atoms with Crippen molar-refractivity contribution in [2.24, 2.45) is 11.7 Å². The van der Waals surface area contributed by atoms with Crippen LogP contribution in [0.1, 0.15) is 37.1 Å². The second kappa shape index (κ2) is 7.33. The molecule has 5 heteroatoms. The van der Waals surface area contributed by atoms with E-state index < -0.39 is 0 Å². The first-order chi connectivity index (χ1) is 10.1. The molecule has 0 aliphatic rings. The standard InChI is InChI=1S/C16H24N4O/c1-12(2)10-15-18-16(20(19-15)8-9-21)14(17)11-13-6-4-3-5-7-13/h3-7,12,14,21H,8-11,17H2,1-2H3/t14-/m0/s1. The molecule has 0 unspecified atom stereocenters. The van der Waals surface area contributed by atoms with Crippen molar-refractivity contribution in [3.8, 4) is 0 Å². The summed E-state index contributed by atoms with van der Waals surface area (Å²) in [6.45, 7) is 4.74. The molecule has 0 aliphatic heterocycles. The van der Waals surface area contributed by atoms with E-state index in [1.165, 1.54) is 5.56 Å². The summed E-state index contributed by atoms with van der Waals surface area (Å²) in [6, 6.07) is 9.90. The number of rotatable bonds is 7. The fourth-order valence-electron chi connectivity index (χ4n) is 2.35. The molecule has 1 aromatic carbocycles. The molecule has 114 valence electrons. The Bertz CT molecular complexity index is 551. The van der Waals surface area contributed by atoms with E-state index in [0.29, 0.717) is 18.9 Å². The van der Waals surface area contributed by atoms with Crippen molar-refractivity contribution in [3.63, 3.8) is 0 Å². The van der Waals surface area contributed by atoms with Crippen LogP contribution in [0.4, 0.5) is 0 Å². The molecule has 0 saturated carbocycles. The number of benzene rings is 1. The summed E-state index contributed by atoms with van der Waals surface area (Å²) in [7, 11) is 0. The highest BCUT2D eigenvalue weighted by molar-refractivity contribution is 5.17. The highest BCUT2D eigenvalue weighted by Gasteiger charge is 2.17. The Hall–Kier alpha value is -1.72. The monoisotopic (exact) mass is 288 g/mol. The van der Waals surface area contributed by atoms with Crippen LogP contribution in [0, 0.1) is 5.92 Å². The molecule has 2 rings (SSSR count).